The second-order valence-electron chi connectivity index (χ2n) is 5.30. The van der Waals surface area contributed by atoms with E-state index in [1.54, 1.807) is 43.1 Å². The Labute approximate surface area is 169 Å². The lowest BCUT2D eigenvalue weighted by atomic mass is 10.2. The number of amides is 1. The maximum Gasteiger partial charge on any atom is 0.264 e. The number of anilines is 1. The number of benzene rings is 2. The summed E-state index contributed by atoms with van der Waals surface area (Å²) >= 11 is 8.75. The van der Waals surface area contributed by atoms with Crippen LogP contribution in [0.1, 0.15) is 5.56 Å². The minimum atomic E-state index is -0.295. The lowest BCUT2D eigenvalue weighted by Crippen LogP contribution is -2.20. The Morgan fingerprint density at radius 1 is 1.11 bits per heavy atom. The van der Waals surface area contributed by atoms with Gasteiger partial charge in [0, 0.05) is 10.8 Å². The molecule has 1 amide bonds. The van der Waals surface area contributed by atoms with Crippen molar-refractivity contribution in [2.45, 2.75) is 10.1 Å². The van der Waals surface area contributed by atoms with E-state index in [0.717, 1.165) is 21.4 Å². The van der Waals surface area contributed by atoms with Gasteiger partial charge < -0.3 is 9.47 Å². The van der Waals surface area contributed by atoms with E-state index in [2.05, 4.69) is 15.5 Å². The number of carbonyl (C=O) groups is 1. The van der Waals surface area contributed by atoms with Gasteiger partial charge in [-0.15, -0.1) is 10.2 Å². The fourth-order valence-corrected chi connectivity index (χ4v) is 3.87. The lowest BCUT2D eigenvalue weighted by molar-refractivity contribution is -0.118. The van der Waals surface area contributed by atoms with Crippen LogP contribution in [0.4, 0.5) is 5.13 Å². The molecule has 0 unspecified atom stereocenters. The van der Waals surface area contributed by atoms with Gasteiger partial charge in [-0.1, -0.05) is 46.8 Å². The molecule has 1 heterocycles. The third-order valence-corrected chi connectivity index (χ3v) is 5.65. The Bertz CT molecular complexity index is 886. The molecule has 6 nitrogen and oxygen atoms in total. The molecule has 0 atom stereocenters. The fourth-order valence-electron chi connectivity index (χ4n) is 2.02. The van der Waals surface area contributed by atoms with Gasteiger partial charge in [0.1, 0.15) is 11.5 Å². The van der Waals surface area contributed by atoms with E-state index in [4.69, 9.17) is 21.1 Å². The number of nitrogens with one attached hydrogen (secondary N) is 1. The van der Waals surface area contributed by atoms with Gasteiger partial charge >= 0.3 is 0 Å². The molecule has 2 aromatic carbocycles. The van der Waals surface area contributed by atoms with Gasteiger partial charge in [0.15, 0.2) is 10.9 Å². The van der Waals surface area contributed by atoms with E-state index in [-0.39, 0.29) is 12.5 Å². The Balaban J connectivity index is 1.44. The Morgan fingerprint density at radius 2 is 1.81 bits per heavy atom. The van der Waals surface area contributed by atoms with Crippen LogP contribution >= 0.6 is 34.7 Å². The third kappa shape index (κ3) is 6.13. The highest BCUT2D eigenvalue weighted by atomic mass is 35.5. The molecule has 0 spiro atoms. The van der Waals surface area contributed by atoms with Crippen LogP contribution in [0.25, 0.3) is 0 Å². The van der Waals surface area contributed by atoms with Crippen molar-refractivity contribution in [3.8, 4) is 11.5 Å². The van der Waals surface area contributed by atoms with Crippen LogP contribution in [-0.2, 0) is 10.5 Å². The van der Waals surface area contributed by atoms with Crippen molar-refractivity contribution in [3.05, 3.63) is 59.1 Å². The van der Waals surface area contributed by atoms with Gasteiger partial charge in [-0.3, -0.25) is 10.1 Å². The topological polar surface area (TPSA) is 73.3 Å². The molecule has 0 aliphatic heterocycles. The maximum absolute atomic E-state index is 12.0. The Kier molecular flexibility index (Phi) is 6.92. The van der Waals surface area contributed by atoms with Gasteiger partial charge in [-0.05, 0) is 42.0 Å². The summed E-state index contributed by atoms with van der Waals surface area (Å²) in [7, 11) is 1.59. The third-order valence-electron chi connectivity index (χ3n) is 3.36. The molecular formula is C18H16ClN3O3S2. The summed E-state index contributed by atoms with van der Waals surface area (Å²) < 4.78 is 11.3. The standard InChI is InChI=1S/C18H16ClN3O3S2/c1-24-14-6-8-15(9-7-14)25-10-16(23)20-17-21-22-18(27-17)26-11-12-2-4-13(19)5-3-12/h2-9H,10-11H2,1H3,(H,20,21,23). The van der Waals surface area contributed by atoms with Crippen LogP contribution in [0, 0.1) is 0 Å². The predicted octanol–water partition coefficient (Wildman–Crippen LogP) is 4.51. The van der Waals surface area contributed by atoms with Gasteiger partial charge in [0.2, 0.25) is 5.13 Å². The van der Waals surface area contributed by atoms with E-state index in [9.17, 15) is 4.79 Å². The van der Waals surface area contributed by atoms with Crippen molar-refractivity contribution in [2.24, 2.45) is 0 Å². The van der Waals surface area contributed by atoms with Crippen LogP contribution in [0.3, 0.4) is 0 Å². The normalized spacial score (nSPS) is 10.4. The molecular weight excluding hydrogens is 406 g/mol. The fraction of sp³-hybridized carbons (Fsp3) is 0.167. The van der Waals surface area contributed by atoms with Crippen LogP contribution in [0.2, 0.25) is 5.02 Å². The maximum atomic E-state index is 12.0. The van der Waals surface area contributed by atoms with Crippen LogP contribution < -0.4 is 14.8 Å². The van der Waals surface area contributed by atoms with E-state index in [0.29, 0.717) is 15.9 Å². The van der Waals surface area contributed by atoms with Gasteiger partial charge in [0.05, 0.1) is 7.11 Å². The number of ether oxygens (including phenoxy) is 2. The number of nitrogens with zero attached hydrogens (tertiary/aromatic N) is 2. The predicted molar refractivity (Wildman–Crippen MR) is 108 cm³/mol. The van der Waals surface area contributed by atoms with Crippen LogP contribution in [0.5, 0.6) is 11.5 Å². The molecule has 0 fully saturated rings. The summed E-state index contributed by atoms with van der Waals surface area (Å²) in [5.41, 5.74) is 1.14. The average Bonchev–Trinajstić information content (AvgIpc) is 3.13. The first-order valence-corrected chi connectivity index (χ1v) is 10.1. The van der Waals surface area contributed by atoms with Crippen molar-refractivity contribution < 1.29 is 14.3 Å². The molecule has 0 saturated carbocycles. The van der Waals surface area contributed by atoms with Crippen molar-refractivity contribution >= 4 is 45.7 Å². The first kappa shape index (κ1) is 19.5. The first-order chi connectivity index (χ1) is 13.1. The number of halogens is 1. The molecule has 27 heavy (non-hydrogen) atoms. The monoisotopic (exact) mass is 421 g/mol. The molecule has 0 aliphatic carbocycles. The molecule has 0 bridgehead atoms. The molecule has 1 aromatic heterocycles. The number of methoxy groups -OCH3 is 1. The van der Waals surface area contributed by atoms with E-state index >= 15 is 0 Å². The number of aromatic nitrogens is 2. The summed E-state index contributed by atoms with van der Waals surface area (Å²) in [5, 5.41) is 11.9. The Morgan fingerprint density at radius 3 is 2.52 bits per heavy atom. The zero-order valence-corrected chi connectivity index (χ0v) is 16.7. The van der Waals surface area contributed by atoms with Crippen LogP contribution in [-0.4, -0.2) is 29.8 Å². The second kappa shape index (κ2) is 9.59. The number of hydrogen-bond acceptors (Lipinski definition) is 7. The second-order valence-corrected chi connectivity index (χ2v) is 7.94. The molecule has 3 rings (SSSR count). The van der Waals surface area contributed by atoms with E-state index in [1.807, 2.05) is 24.3 Å². The summed E-state index contributed by atoms with van der Waals surface area (Å²) in [6, 6.07) is 14.7. The van der Waals surface area contributed by atoms with Crippen molar-refractivity contribution in [1.82, 2.24) is 10.2 Å². The van der Waals surface area contributed by atoms with Gasteiger partial charge in [-0.2, -0.15) is 0 Å². The summed E-state index contributed by atoms with van der Waals surface area (Å²) in [6.07, 6.45) is 0. The molecule has 3 aromatic rings. The molecule has 0 aliphatic rings. The minimum Gasteiger partial charge on any atom is -0.497 e. The molecule has 140 valence electrons. The van der Waals surface area contributed by atoms with Gasteiger partial charge in [-0.25, -0.2) is 0 Å². The largest absolute Gasteiger partial charge is 0.497 e. The molecule has 0 saturated heterocycles. The summed E-state index contributed by atoms with van der Waals surface area (Å²) in [4.78, 5) is 12.0. The SMILES string of the molecule is COc1ccc(OCC(=O)Nc2nnc(SCc3ccc(Cl)cc3)s2)cc1. The minimum absolute atomic E-state index is 0.112. The number of thioether (sulfide) groups is 1. The summed E-state index contributed by atoms with van der Waals surface area (Å²) in [5.74, 6) is 1.77. The van der Waals surface area contributed by atoms with Crippen molar-refractivity contribution in [2.75, 3.05) is 19.0 Å². The number of rotatable bonds is 8. The quantitative estimate of drug-likeness (QED) is 0.426. The highest BCUT2D eigenvalue weighted by molar-refractivity contribution is 8.00. The van der Waals surface area contributed by atoms with Gasteiger partial charge in [0.25, 0.3) is 5.91 Å². The number of carbonyl (C=O) groups excluding carboxylic acids is 1. The van der Waals surface area contributed by atoms with Crippen molar-refractivity contribution in [3.63, 3.8) is 0 Å². The lowest BCUT2D eigenvalue weighted by Gasteiger charge is -2.06. The summed E-state index contributed by atoms with van der Waals surface area (Å²) in [6.45, 7) is -0.112. The molecule has 1 N–H and O–H groups in total. The smallest absolute Gasteiger partial charge is 0.264 e. The highest BCUT2D eigenvalue weighted by Crippen LogP contribution is 2.28. The van der Waals surface area contributed by atoms with Crippen LogP contribution in [0.15, 0.2) is 52.9 Å². The van der Waals surface area contributed by atoms with E-state index in [1.165, 1.54) is 11.3 Å². The van der Waals surface area contributed by atoms with Crippen molar-refractivity contribution in [1.29, 1.82) is 0 Å². The number of hydrogen-bond donors (Lipinski definition) is 1. The Hall–Kier alpha value is -2.29. The average molecular weight is 422 g/mol. The highest BCUT2D eigenvalue weighted by Gasteiger charge is 2.10. The molecule has 0 radical (unpaired) electrons. The molecule has 9 heteroatoms. The zero-order chi connectivity index (χ0) is 19.1. The van der Waals surface area contributed by atoms with E-state index < -0.39 is 0 Å². The zero-order valence-electron chi connectivity index (χ0n) is 14.3. The first-order valence-electron chi connectivity index (χ1n) is 7.90.